The zero-order valence-corrected chi connectivity index (χ0v) is 15.0. The highest BCUT2D eigenvalue weighted by atomic mass is 35.5. The van der Waals surface area contributed by atoms with Crippen LogP contribution in [0.3, 0.4) is 0 Å². The molecule has 1 saturated heterocycles. The number of para-hydroxylation sites is 2. The molecule has 1 heterocycles. The van der Waals surface area contributed by atoms with Crippen LogP contribution in [-0.4, -0.2) is 30.9 Å². The van der Waals surface area contributed by atoms with Gasteiger partial charge < -0.3 is 10.1 Å². The number of rotatable bonds is 6. The highest BCUT2D eigenvalue weighted by Gasteiger charge is 2.25. The van der Waals surface area contributed by atoms with E-state index in [1.54, 1.807) is 12.1 Å². The van der Waals surface area contributed by atoms with Gasteiger partial charge in [0, 0.05) is 10.8 Å². The molecule has 0 bridgehead atoms. The first kappa shape index (κ1) is 17.6. The molecule has 2 aromatic carbocycles. The Balaban J connectivity index is 1.57. The highest BCUT2D eigenvalue weighted by Crippen LogP contribution is 2.28. The minimum atomic E-state index is -0.392. The van der Waals surface area contributed by atoms with Gasteiger partial charge in [-0.25, -0.2) is 4.79 Å². The number of thioether (sulfide) groups is 1. The summed E-state index contributed by atoms with van der Waals surface area (Å²) in [7, 11) is 0. The summed E-state index contributed by atoms with van der Waals surface area (Å²) in [5, 5.41) is 3.56. The molecule has 1 N–H and O–H groups in total. The van der Waals surface area contributed by atoms with Gasteiger partial charge in [-0.15, -0.1) is 11.8 Å². The van der Waals surface area contributed by atoms with Crippen molar-refractivity contribution in [2.45, 2.75) is 5.75 Å². The van der Waals surface area contributed by atoms with Gasteiger partial charge in [-0.3, -0.25) is 9.69 Å². The number of benzene rings is 2. The Morgan fingerprint density at radius 3 is 2.84 bits per heavy atom. The molecule has 2 aromatic rings. The molecule has 2 amide bonds. The van der Waals surface area contributed by atoms with Gasteiger partial charge >= 0.3 is 6.09 Å². The lowest BCUT2D eigenvalue weighted by Crippen LogP contribution is -2.25. The zero-order chi connectivity index (χ0) is 17.6. The van der Waals surface area contributed by atoms with Crippen LogP contribution < -0.4 is 10.2 Å². The number of amides is 2. The fourth-order valence-corrected chi connectivity index (χ4v) is 3.49. The van der Waals surface area contributed by atoms with Crippen LogP contribution in [-0.2, 0) is 15.3 Å². The van der Waals surface area contributed by atoms with Crippen LogP contribution in [0.5, 0.6) is 0 Å². The summed E-state index contributed by atoms with van der Waals surface area (Å²) in [5.41, 5.74) is 2.33. The smallest absolute Gasteiger partial charge is 0.414 e. The molecule has 1 fully saturated rings. The monoisotopic (exact) mass is 376 g/mol. The van der Waals surface area contributed by atoms with Crippen molar-refractivity contribution < 1.29 is 14.3 Å². The molecule has 25 heavy (non-hydrogen) atoms. The predicted molar refractivity (Wildman–Crippen MR) is 101 cm³/mol. The van der Waals surface area contributed by atoms with Crippen LogP contribution in [0.1, 0.15) is 5.56 Å². The summed E-state index contributed by atoms with van der Waals surface area (Å²) < 4.78 is 4.96. The normalized spacial score (nSPS) is 13.6. The summed E-state index contributed by atoms with van der Waals surface area (Å²) in [6.45, 7) is 0.839. The molecule has 0 aromatic heterocycles. The van der Waals surface area contributed by atoms with Crippen LogP contribution >= 0.6 is 23.4 Å². The van der Waals surface area contributed by atoms with Gasteiger partial charge in [0.1, 0.15) is 6.61 Å². The van der Waals surface area contributed by atoms with E-state index >= 15 is 0 Å². The van der Waals surface area contributed by atoms with Crippen molar-refractivity contribution in [3.8, 4) is 0 Å². The first-order valence-electron chi connectivity index (χ1n) is 7.79. The number of hydrogen-bond donors (Lipinski definition) is 1. The minimum Gasteiger partial charge on any atom is -0.447 e. The first-order chi connectivity index (χ1) is 12.1. The van der Waals surface area contributed by atoms with Crippen molar-refractivity contribution in [3.05, 3.63) is 59.1 Å². The molecular weight excluding hydrogens is 360 g/mol. The topological polar surface area (TPSA) is 58.6 Å². The van der Waals surface area contributed by atoms with E-state index in [0.29, 0.717) is 41.1 Å². The predicted octanol–water partition coefficient (Wildman–Crippen LogP) is 4.17. The van der Waals surface area contributed by atoms with Gasteiger partial charge in [-0.05, 0) is 29.8 Å². The number of carbonyl (C=O) groups is 2. The largest absolute Gasteiger partial charge is 0.447 e. The van der Waals surface area contributed by atoms with Crippen LogP contribution in [0.4, 0.5) is 16.2 Å². The molecule has 1 aliphatic heterocycles. The van der Waals surface area contributed by atoms with E-state index in [-0.39, 0.29) is 5.91 Å². The van der Waals surface area contributed by atoms with Crippen LogP contribution in [0, 0.1) is 0 Å². The Kier molecular flexibility index (Phi) is 5.83. The molecule has 0 spiro atoms. The molecule has 0 unspecified atom stereocenters. The van der Waals surface area contributed by atoms with E-state index in [9.17, 15) is 9.59 Å². The lowest BCUT2D eigenvalue weighted by Gasteiger charge is -2.17. The molecule has 1 aliphatic rings. The molecule has 3 rings (SSSR count). The summed E-state index contributed by atoms with van der Waals surface area (Å²) in [6, 6.07) is 14.8. The summed E-state index contributed by atoms with van der Waals surface area (Å²) in [5.74, 6) is 0.895. The van der Waals surface area contributed by atoms with Crippen molar-refractivity contribution >= 4 is 46.7 Å². The second kappa shape index (κ2) is 8.27. The van der Waals surface area contributed by atoms with Crippen LogP contribution in [0.25, 0.3) is 0 Å². The van der Waals surface area contributed by atoms with E-state index in [4.69, 9.17) is 16.3 Å². The van der Waals surface area contributed by atoms with E-state index in [1.165, 1.54) is 16.7 Å². The Morgan fingerprint density at radius 2 is 2.08 bits per heavy atom. The number of halogens is 1. The number of carbonyl (C=O) groups excluding carboxylic acids is 2. The van der Waals surface area contributed by atoms with Crippen molar-refractivity contribution in [1.82, 2.24) is 0 Å². The van der Waals surface area contributed by atoms with Crippen LogP contribution in [0.2, 0.25) is 5.02 Å². The SMILES string of the molecule is O=C(CSCc1cccc(Cl)c1)Nc1ccccc1N1CCOC1=O. The van der Waals surface area contributed by atoms with E-state index in [0.717, 1.165) is 5.56 Å². The van der Waals surface area contributed by atoms with Crippen molar-refractivity contribution in [2.75, 3.05) is 29.1 Å². The van der Waals surface area contributed by atoms with Crippen LogP contribution in [0.15, 0.2) is 48.5 Å². The fourth-order valence-electron chi connectivity index (χ4n) is 2.50. The maximum Gasteiger partial charge on any atom is 0.414 e. The lowest BCUT2D eigenvalue weighted by atomic mass is 10.2. The third-order valence-corrected chi connectivity index (χ3v) is 4.86. The zero-order valence-electron chi connectivity index (χ0n) is 13.4. The summed E-state index contributed by atoms with van der Waals surface area (Å²) in [6.07, 6.45) is -0.392. The second-order valence-electron chi connectivity index (χ2n) is 5.45. The number of nitrogens with zero attached hydrogens (tertiary/aromatic N) is 1. The van der Waals surface area contributed by atoms with Crippen molar-refractivity contribution in [1.29, 1.82) is 0 Å². The Bertz CT molecular complexity index is 784. The Labute approximate surface area is 155 Å². The van der Waals surface area contributed by atoms with E-state index in [2.05, 4.69) is 5.32 Å². The van der Waals surface area contributed by atoms with Gasteiger partial charge in [-0.2, -0.15) is 0 Å². The summed E-state index contributed by atoms with van der Waals surface area (Å²) in [4.78, 5) is 25.5. The van der Waals surface area contributed by atoms with E-state index < -0.39 is 6.09 Å². The Hall–Kier alpha value is -2.18. The maximum atomic E-state index is 12.2. The number of nitrogens with one attached hydrogen (secondary N) is 1. The lowest BCUT2D eigenvalue weighted by molar-refractivity contribution is -0.113. The molecule has 0 atom stereocenters. The number of anilines is 2. The van der Waals surface area contributed by atoms with Gasteiger partial charge in [-0.1, -0.05) is 35.9 Å². The van der Waals surface area contributed by atoms with Gasteiger partial charge in [0.05, 0.1) is 23.7 Å². The molecule has 130 valence electrons. The molecule has 7 heteroatoms. The molecule has 0 saturated carbocycles. The van der Waals surface area contributed by atoms with Crippen molar-refractivity contribution in [2.24, 2.45) is 0 Å². The summed E-state index contributed by atoms with van der Waals surface area (Å²) >= 11 is 7.46. The number of ether oxygens (including phenoxy) is 1. The maximum absolute atomic E-state index is 12.2. The van der Waals surface area contributed by atoms with Gasteiger partial charge in [0.2, 0.25) is 5.91 Å². The van der Waals surface area contributed by atoms with Crippen molar-refractivity contribution in [3.63, 3.8) is 0 Å². The minimum absolute atomic E-state index is 0.118. The first-order valence-corrected chi connectivity index (χ1v) is 9.32. The third-order valence-electron chi connectivity index (χ3n) is 3.62. The number of hydrogen-bond acceptors (Lipinski definition) is 4. The average molecular weight is 377 g/mol. The Morgan fingerprint density at radius 1 is 1.24 bits per heavy atom. The van der Waals surface area contributed by atoms with E-state index in [1.807, 2.05) is 36.4 Å². The second-order valence-corrected chi connectivity index (χ2v) is 6.88. The quantitative estimate of drug-likeness (QED) is 0.822. The molecular formula is C18H17ClN2O3S. The van der Waals surface area contributed by atoms with Gasteiger partial charge in [0.15, 0.2) is 0 Å². The average Bonchev–Trinajstić information content (AvgIpc) is 3.01. The molecule has 5 nitrogen and oxygen atoms in total. The third kappa shape index (κ3) is 4.67. The van der Waals surface area contributed by atoms with Gasteiger partial charge in [0.25, 0.3) is 0 Å². The number of cyclic esters (lactones) is 1. The fraction of sp³-hybridized carbons (Fsp3) is 0.222. The highest BCUT2D eigenvalue weighted by molar-refractivity contribution is 7.99. The standard InChI is InChI=1S/C18H17ClN2O3S/c19-14-5-3-4-13(10-14)11-25-12-17(22)20-15-6-1-2-7-16(15)21-8-9-24-18(21)23/h1-7,10H,8-9,11-12H2,(H,20,22). The molecule has 0 radical (unpaired) electrons. The molecule has 0 aliphatic carbocycles.